The lowest BCUT2D eigenvalue weighted by Crippen LogP contribution is -2.32. The van der Waals surface area contributed by atoms with Gasteiger partial charge in [0.1, 0.15) is 5.82 Å². The summed E-state index contributed by atoms with van der Waals surface area (Å²) in [4.78, 5) is 9.49. The first kappa shape index (κ1) is 15.8. The highest BCUT2D eigenvalue weighted by atomic mass is 32.2. The lowest BCUT2D eigenvalue weighted by molar-refractivity contribution is 0.401. The van der Waals surface area contributed by atoms with Crippen LogP contribution in [0.2, 0.25) is 0 Å². The second-order valence-corrected chi connectivity index (χ2v) is 7.23. The van der Waals surface area contributed by atoms with Crippen LogP contribution in [0.5, 0.6) is 0 Å². The molecule has 1 aliphatic rings. The number of fused-ring (bicyclic) bond motifs is 1. The molecular formula is C16H27N3S. The van der Waals surface area contributed by atoms with Gasteiger partial charge in [-0.3, -0.25) is 0 Å². The van der Waals surface area contributed by atoms with Crippen molar-refractivity contribution in [1.29, 1.82) is 0 Å². The largest absolute Gasteiger partial charge is 0.314 e. The van der Waals surface area contributed by atoms with E-state index in [2.05, 4.69) is 33.0 Å². The van der Waals surface area contributed by atoms with E-state index in [0.29, 0.717) is 6.04 Å². The number of aryl methyl sites for hydroxylation is 2. The van der Waals surface area contributed by atoms with Crippen molar-refractivity contribution in [3.8, 4) is 0 Å². The summed E-state index contributed by atoms with van der Waals surface area (Å²) in [6.07, 6.45) is 3.51. The molecule has 20 heavy (non-hydrogen) atoms. The van der Waals surface area contributed by atoms with Crippen molar-refractivity contribution in [3.63, 3.8) is 0 Å². The number of hydrogen-bond donors (Lipinski definition) is 1. The molecule has 4 heteroatoms. The molecule has 1 aromatic heterocycles. The molecule has 1 heterocycles. The standard InChI is InChI=1S/C16H27N3S/c1-5-20-10-16-18-12(4)14-8-13(9-17-11(2)3)6-7-15(14)19-16/h11,13,17H,5-10H2,1-4H3. The van der Waals surface area contributed by atoms with Crippen molar-refractivity contribution in [2.75, 3.05) is 12.3 Å². The molecule has 1 unspecified atom stereocenters. The van der Waals surface area contributed by atoms with Crippen LogP contribution in [0.4, 0.5) is 0 Å². The van der Waals surface area contributed by atoms with Gasteiger partial charge in [-0.25, -0.2) is 9.97 Å². The molecule has 0 saturated carbocycles. The summed E-state index contributed by atoms with van der Waals surface area (Å²) in [6.45, 7) is 9.87. The number of thioether (sulfide) groups is 1. The van der Waals surface area contributed by atoms with Crippen LogP contribution in [-0.2, 0) is 18.6 Å². The Labute approximate surface area is 127 Å². The van der Waals surface area contributed by atoms with Crippen molar-refractivity contribution in [2.24, 2.45) is 5.92 Å². The third kappa shape index (κ3) is 4.19. The lowest BCUT2D eigenvalue weighted by atomic mass is 9.85. The van der Waals surface area contributed by atoms with E-state index in [0.717, 1.165) is 42.6 Å². The number of nitrogens with one attached hydrogen (secondary N) is 1. The molecule has 0 aliphatic heterocycles. The van der Waals surface area contributed by atoms with Crippen LogP contribution < -0.4 is 5.32 Å². The lowest BCUT2D eigenvalue weighted by Gasteiger charge is -2.26. The molecule has 0 bridgehead atoms. The molecule has 0 radical (unpaired) electrons. The van der Waals surface area contributed by atoms with Gasteiger partial charge in [0.25, 0.3) is 0 Å². The second-order valence-electron chi connectivity index (χ2n) is 5.96. The fourth-order valence-electron chi connectivity index (χ4n) is 2.76. The summed E-state index contributed by atoms with van der Waals surface area (Å²) in [5.41, 5.74) is 3.93. The van der Waals surface area contributed by atoms with E-state index < -0.39 is 0 Å². The maximum absolute atomic E-state index is 4.79. The first-order valence-electron chi connectivity index (χ1n) is 7.76. The predicted molar refractivity (Wildman–Crippen MR) is 87.3 cm³/mol. The Morgan fingerprint density at radius 1 is 1.35 bits per heavy atom. The third-order valence-corrected chi connectivity index (χ3v) is 4.75. The van der Waals surface area contributed by atoms with Crippen molar-refractivity contribution in [1.82, 2.24) is 15.3 Å². The van der Waals surface area contributed by atoms with Crippen molar-refractivity contribution in [3.05, 3.63) is 22.8 Å². The van der Waals surface area contributed by atoms with Crippen LogP contribution in [0.1, 0.15) is 50.0 Å². The van der Waals surface area contributed by atoms with Crippen molar-refractivity contribution < 1.29 is 0 Å². The molecule has 0 fully saturated rings. The highest BCUT2D eigenvalue weighted by Gasteiger charge is 2.22. The number of rotatable bonds is 6. The molecule has 112 valence electrons. The molecule has 3 nitrogen and oxygen atoms in total. The topological polar surface area (TPSA) is 37.8 Å². The van der Waals surface area contributed by atoms with Crippen molar-refractivity contribution >= 4 is 11.8 Å². The van der Waals surface area contributed by atoms with Gasteiger partial charge in [-0.2, -0.15) is 11.8 Å². The molecule has 1 aromatic rings. The molecule has 0 aromatic carbocycles. The average molecular weight is 293 g/mol. The maximum Gasteiger partial charge on any atom is 0.138 e. The molecule has 1 N–H and O–H groups in total. The Hall–Kier alpha value is -0.610. The van der Waals surface area contributed by atoms with Gasteiger partial charge < -0.3 is 5.32 Å². The van der Waals surface area contributed by atoms with Gasteiger partial charge in [0.05, 0.1) is 5.75 Å². The second kappa shape index (κ2) is 7.41. The van der Waals surface area contributed by atoms with Crippen LogP contribution in [0.3, 0.4) is 0 Å². The molecular weight excluding hydrogens is 266 g/mol. The van der Waals surface area contributed by atoms with Crippen LogP contribution in [0.15, 0.2) is 0 Å². The van der Waals surface area contributed by atoms with Gasteiger partial charge in [0, 0.05) is 17.4 Å². The van der Waals surface area contributed by atoms with E-state index in [4.69, 9.17) is 9.97 Å². The normalized spacial score (nSPS) is 18.4. The summed E-state index contributed by atoms with van der Waals surface area (Å²) >= 11 is 1.90. The van der Waals surface area contributed by atoms with Crippen molar-refractivity contribution in [2.45, 2.75) is 58.8 Å². The van der Waals surface area contributed by atoms with Crippen LogP contribution >= 0.6 is 11.8 Å². The molecule has 0 saturated heterocycles. The average Bonchev–Trinajstić information content (AvgIpc) is 2.43. The summed E-state index contributed by atoms with van der Waals surface area (Å²) in [7, 11) is 0. The van der Waals surface area contributed by atoms with Gasteiger partial charge in [-0.05, 0) is 50.0 Å². The van der Waals surface area contributed by atoms with Gasteiger partial charge in [0.15, 0.2) is 0 Å². The SMILES string of the molecule is CCSCc1nc(C)c2c(n1)CCC(CNC(C)C)C2. The highest BCUT2D eigenvalue weighted by Crippen LogP contribution is 2.26. The van der Waals surface area contributed by atoms with Gasteiger partial charge in [-0.15, -0.1) is 0 Å². The monoisotopic (exact) mass is 293 g/mol. The van der Waals surface area contributed by atoms with E-state index >= 15 is 0 Å². The van der Waals surface area contributed by atoms with Crippen LogP contribution in [-0.4, -0.2) is 28.3 Å². The van der Waals surface area contributed by atoms with Crippen LogP contribution in [0.25, 0.3) is 0 Å². The zero-order valence-electron chi connectivity index (χ0n) is 13.2. The molecule has 1 aliphatic carbocycles. The zero-order valence-corrected chi connectivity index (χ0v) is 14.0. The van der Waals surface area contributed by atoms with E-state index in [1.807, 2.05) is 11.8 Å². The van der Waals surface area contributed by atoms with E-state index in [1.165, 1.54) is 23.4 Å². The fraction of sp³-hybridized carbons (Fsp3) is 0.750. The first-order chi connectivity index (χ1) is 9.60. The molecule has 2 rings (SSSR count). The van der Waals surface area contributed by atoms with Gasteiger partial charge in [0.2, 0.25) is 0 Å². The number of nitrogens with zero attached hydrogens (tertiary/aromatic N) is 2. The smallest absolute Gasteiger partial charge is 0.138 e. The van der Waals surface area contributed by atoms with Crippen LogP contribution in [0, 0.1) is 12.8 Å². The first-order valence-corrected chi connectivity index (χ1v) is 8.92. The molecule has 1 atom stereocenters. The Bertz CT molecular complexity index is 446. The minimum Gasteiger partial charge on any atom is -0.314 e. The Kier molecular flexibility index (Phi) is 5.85. The maximum atomic E-state index is 4.79. The third-order valence-electron chi connectivity index (χ3n) is 3.88. The minimum atomic E-state index is 0.571. The number of hydrogen-bond acceptors (Lipinski definition) is 4. The summed E-state index contributed by atoms with van der Waals surface area (Å²) in [5.74, 6) is 3.83. The van der Waals surface area contributed by atoms with Gasteiger partial charge in [-0.1, -0.05) is 20.8 Å². The highest BCUT2D eigenvalue weighted by molar-refractivity contribution is 7.98. The number of aromatic nitrogens is 2. The quantitative estimate of drug-likeness (QED) is 0.874. The summed E-state index contributed by atoms with van der Waals surface area (Å²) < 4.78 is 0. The Balaban J connectivity index is 2.05. The molecule has 0 spiro atoms. The Morgan fingerprint density at radius 3 is 2.85 bits per heavy atom. The van der Waals surface area contributed by atoms with E-state index in [-0.39, 0.29) is 0 Å². The molecule has 0 amide bonds. The summed E-state index contributed by atoms with van der Waals surface area (Å²) in [5, 5.41) is 3.56. The van der Waals surface area contributed by atoms with E-state index in [1.54, 1.807) is 0 Å². The van der Waals surface area contributed by atoms with E-state index in [9.17, 15) is 0 Å². The van der Waals surface area contributed by atoms with Gasteiger partial charge >= 0.3 is 0 Å². The predicted octanol–water partition coefficient (Wildman–Crippen LogP) is 3.14. The fourth-order valence-corrected chi connectivity index (χ4v) is 3.27. The Morgan fingerprint density at radius 2 is 2.15 bits per heavy atom. The summed E-state index contributed by atoms with van der Waals surface area (Å²) in [6, 6.07) is 0.571. The minimum absolute atomic E-state index is 0.571. The zero-order chi connectivity index (χ0) is 14.5.